The molecule has 10 nitrogen and oxygen atoms in total. The van der Waals surface area contributed by atoms with Crippen LogP contribution in [0.1, 0.15) is 44.9 Å². The summed E-state index contributed by atoms with van der Waals surface area (Å²) in [6, 6.07) is 18.3. The molecular weight excluding hydrogens is 582 g/mol. The van der Waals surface area contributed by atoms with Gasteiger partial charge in [0.05, 0.1) is 37.0 Å². The first-order valence-electron chi connectivity index (χ1n) is 15.3. The van der Waals surface area contributed by atoms with Crippen LogP contribution in [0.4, 0.5) is 26.7 Å². The minimum Gasteiger partial charge on any atom is -0.492 e. The van der Waals surface area contributed by atoms with E-state index in [0.717, 1.165) is 41.7 Å². The molecule has 0 spiro atoms. The maximum atomic E-state index is 13.4. The fourth-order valence-electron chi connectivity index (χ4n) is 5.37. The first kappa shape index (κ1) is 32.3. The maximum absolute atomic E-state index is 13.4. The highest BCUT2D eigenvalue weighted by molar-refractivity contribution is 6.08. The van der Waals surface area contributed by atoms with Crippen molar-refractivity contribution in [3.63, 3.8) is 0 Å². The molecule has 4 aromatic rings. The minimum absolute atomic E-state index is 0.281. The van der Waals surface area contributed by atoms with Crippen LogP contribution in [0.3, 0.4) is 0 Å². The summed E-state index contributed by atoms with van der Waals surface area (Å²) in [5.41, 5.74) is 2.79. The van der Waals surface area contributed by atoms with Crippen LogP contribution >= 0.6 is 0 Å². The highest BCUT2D eigenvalue weighted by Crippen LogP contribution is 2.39. The number of ether oxygens (including phenoxy) is 3. The number of likely N-dealkylation sites (tertiary alicyclic amines) is 1. The summed E-state index contributed by atoms with van der Waals surface area (Å²) in [5, 5.41) is 10.2. The molecule has 0 aliphatic carbocycles. The largest absolute Gasteiger partial charge is 0.492 e. The lowest BCUT2D eigenvalue weighted by Crippen LogP contribution is -2.22. The van der Waals surface area contributed by atoms with Crippen LogP contribution in [0.15, 0.2) is 72.9 Å². The molecule has 0 radical (unpaired) electrons. The second-order valence-corrected chi connectivity index (χ2v) is 12.1. The van der Waals surface area contributed by atoms with E-state index in [1.807, 2.05) is 87.5 Å². The molecule has 0 atom stereocenters. The summed E-state index contributed by atoms with van der Waals surface area (Å²) in [7, 11) is 2.76. The number of anilines is 3. The van der Waals surface area contributed by atoms with Crippen LogP contribution in [0.5, 0.6) is 17.2 Å². The Hall–Kier alpha value is -5.09. The summed E-state index contributed by atoms with van der Waals surface area (Å²) in [5.74, 6) is 1.62. The monoisotopic (exact) mass is 623 g/mol. The Morgan fingerprint density at radius 3 is 2.28 bits per heavy atom. The van der Waals surface area contributed by atoms with Crippen LogP contribution in [0.2, 0.25) is 0 Å². The van der Waals surface area contributed by atoms with Gasteiger partial charge in [0, 0.05) is 29.6 Å². The van der Waals surface area contributed by atoms with Gasteiger partial charge in [-0.3, -0.25) is 15.2 Å². The Morgan fingerprint density at radius 2 is 1.59 bits per heavy atom. The zero-order valence-electron chi connectivity index (χ0n) is 27.0. The van der Waals surface area contributed by atoms with Gasteiger partial charge in [-0.1, -0.05) is 51.1 Å². The molecule has 0 unspecified atom stereocenters. The van der Waals surface area contributed by atoms with E-state index in [4.69, 9.17) is 14.2 Å². The molecule has 0 bridgehead atoms. The lowest BCUT2D eigenvalue weighted by atomic mass is 9.86. The molecule has 240 valence electrons. The number of hydrogen-bond donors (Lipinski definition) is 3. The van der Waals surface area contributed by atoms with E-state index in [-0.39, 0.29) is 5.41 Å². The second kappa shape index (κ2) is 14.3. The van der Waals surface area contributed by atoms with E-state index < -0.39 is 12.1 Å². The summed E-state index contributed by atoms with van der Waals surface area (Å²) in [4.78, 5) is 32.3. The third kappa shape index (κ3) is 7.94. The Labute approximate surface area is 269 Å². The number of carbonyl (C=O) groups is 2. The van der Waals surface area contributed by atoms with E-state index in [1.165, 1.54) is 27.1 Å². The van der Waals surface area contributed by atoms with Gasteiger partial charge >= 0.3 is 12.1 Å². The zero-order chi connectivity index (χ0) is 32.7. The highest BCUT2D eigenvalue weighted by atomic mass is 16.5. The number of methoxy groups -OCH3 is 2. The summed E-state index contributed by atoms with van der Waals surface area (Å²) in [6.07, 6.45) is 7.78. The molecule has 3 aromatic carbocycles. The van der Waals surface area contributed by atoms with Crippen LogP contribution < -0.4 is 25.4 Å². The molecular formula is C36H41N5O5. The number of rotatable bonds is 9. The highest BCUT2D eigenvalue weighted by Gasteiger charge is 2.22. The van der Waals surface area contributed by atoms with Crippen molar-refractivity contribution in [2.24, 2.45) is 0 Å². The third-order valence-corrected chi connectivity index (χ3v) is 7.79. The molecule has 1 aromatic heterocycles. The van der Waals surface area contributed by atoms with Crippen molar-refractivity contribution in [3.8, 4) is 17.2 Å². The smallest absolute Gasteiger partial charge is 0.411 e. The van der Waals surface area contributed by atoms with Gasteiger partial charge in [0.15, 0.2) is 5.75 Å². The van der Waals surface area contributed by atoms with E-state index >= 15 is 0 Å². The first-order valence-corrected chi connectivity index (χ1v) is 15.3. The van der Waals surface area contributed by atoms with E-state index in [0.29, 0.717) is 34.3 Å². The Morgan fingerprint density at radius 1 is 0.891 bits per heavy atom. The zero-order valence-corrected chi connectivity index (χ0v) is 27.0. The molecule has 1 aliphatic heterocycles. The second-order valence-electron chi connectivity index (χ2n) is 12.1. The number of carbonyl (C=O) groups excluding carboxylic acids is 2. The Bertz CT molecular complexity index is 1740. The van der Waals surface area contributed by atoms with Gasteiger partial charge in [0.25, 0.3) is 0 Å². The van der Waals surface area contributed by atoms with Gasteiger partial charge in [-0.2, -0.15) is 0 Å². The van der Waals surface area contributed by atoms with Gasteiger partial charge in [0.2, 0.25) is 0 Å². The van der Waals surface area contributed by atoms with Crippen molar-refractivity contribution in [1.82, 2.24) is 9.88 Å². The summed E-state index contributed by atoms with van der Waals surface area (Å²) < 4.78 is 16.7. The molecule has 1 aliphatic rings. The quantitative estimate of drug-likeness (QED) is 0.172. The van der Waals surface area contributed by atoms with Crippen LogP contribution in [0.25, 0.3) is 16.8 Å². The number of nitrogens with one attached hydrogen (secondary N) is 3. The molecule has 46 heavy (non-hydrogen) atoms. The average Bonchev–Trinajstić information content (AvgIpc) is 3.55. The van der Waals surface area contributed by atoms with E-state index in [1.54, 1.807) is 6.20 Å². The normalized spacial score (nSPS) is 13.5. The maximum Gasteiger partial charge on any atom is 0.411 e. The van der Waals surface area contributed by atoms with Gasteiger partial charge in [-0.15, -0.1) is 0 Å². The molecule has 5 rings (SSSR count). The van der Waals surface area contributed by atoms with Gasteiger partial charge in [-0.25, -0.2) is 9.59 Å². The SMILES string of the molecule is COC(=O)Nc1cc(C(C)(C)C)cc(NC(=O)Nc2ccc(Oc3ccnc(/C=C/CN4CCCC4)c3)c3ccccc23)c1OC. The van der Waals surface area contributed by atoms with Gasteiger partial charge < -0.3 is 24.8 Å². The number of hydrogen-bond acceptors (Lipinski definition) is 7. The standard InChI is InChI=1S/C36H41N5O5/c1-36(2,3)24-21-30(33(44-4)31(22-24)40-35(43)45-5)39-34(42)38-29-14-15-32(28-13-7-6-12-27(28)29)46-26-16-17-37-25(23-26)11-10-20-41-18-8-9-19-41/h6-7,10-17,21-23H,8-9,18-20H2,1-5H3,(H,40,43)(H2,38,39,42)/b11-10+. The molecule has 1 fully saturated rings. The number of fused-ring (bicyclic) bond motifs is 1. The van der Waals surface area contributed by atoms with Crippen molar-refractivity contribution in [3.05, 3.63) is 84.2 Å². The molecule has 3 amide bonds. The van der Waals surface area contributed by atoms with Crippen molar-refractivity contribution in [2.45, 2.75) is 39.0 Å². The number of nitrogens with zero attached hydrogens (tertiary/aromatic N) is 2. The van der Waals surface area contributed by atoms with Crippen LogP contribution in [-0.2, 0) is 10.2 Å². The van der Waals surface area contributed by atoms with Crippen molar-refractivity contribution >= 4 is 46.0 Å². The lowest BCUT2D eigenvalue weighted by molar-refractivity contribution is 0.187. The molecule has 3 N–H and O–H groups in total. The van der Waals surface area contributed by atoms with Crippen LogP contribution in [0, 0.1) is 0 Å². The Kier molecular flexibility index (Phi) is 10.1. The molecule has 0 saturated carbocycles. The number of benzene rings is 3. The van der Waals surface area contributed by atoms with Crippen molar-refractivity contribution in [2.75, 3.05) is 49.8 Å². The number of amides is 3. The lowest BCUT2D eigenvalue weighted by Gasteiger charge is -2.24. The van der Waals surface area contributed by atoms with Crippen LogP contribution in [-0.4, -0.2) is 55.9 Å². The van der Waals surface area contributed by atoms with E-state index in [9.17, 15) is 9.59 Å². The number of aromatic nitrogens is 1. The number of pyridine rings is 1. The summed E-state index contributed by atoms with van der Waals surface area (Å²) >= 11 is 0. The molecule has 10 heteroatoms. The fraction of sp³-hybridized carbons (Fsp3) is 0.306. The first-order chi connectivity index (χ1) is 22.1. The third-order valence-electron chi connectivity index (χ3n) is 7.79. The molecule has 2 heterocycles. The number of urea groups is 1. The minimum atomic E-state index is -0.648. The topological polar surface area (TPSA) is 114 Å². The van der Waals surface area contributed by atoms with E-state index in [2.05, 4.69) is 31.9 Å². The van der Waals surface area contributed by atoms with Gasteiger partial charge in [-0.05, 0) is 73.3 Å². The summed E-state index contributed by atoms with van der Waals surface area (Å²) in [6.45, 7) is 9.32. The fourth-order valence-corrected chi connectivity index (χ4v) is 5.37. The molecule has 1 saturated heterocycles. The van der Waals surface area contributed by atoms with Crippen molar-refractivity contribution < 1.29 is 23.8 Å². The predicted octanol–water partition coefficient (Wildman–Crippen LogP) is 8.26. The average molecular weight is 624 g/mol. The predicted molar refractivity (Wildman–Crippen MR) is 183 cm³/mol. The van der Waals surface area contributed by atoms with Gasteiger partial charge in [0.1, 0.15) is 11.5 Å². The Balaban J connectivity index is 1.36. The van der Waals surface area contributed by atoms with Crippen molar-refractivity contribution in [1.29, 1.82) is 0 Å².